The van der Waals surface area contributed by atoms with E-state index in [1.165, 1.54) is 4.90 Å². The first-order chi connectivity index (χ1) is 12.6. The number of hydrogen-bond acceptors (Lipinski definition) is 3. The van der Waals surface area contributed by atoms with Gasteiger partial charge in [-0.3, -0.25) is 19.3 Å². The average molecular weight is 341 g/mol. The van der Waals surface area contributed by atoms with Gasteiger partial charge in [-0.2, -0.15) is 0 Å². The number of hydrogen-bond donors (Lipinski definition) is 0. The van der Waals surface area contributed by atoms with Gasteiger partial charge in [0.15, 0.2) is 5.78 Å². The summed E-state index contributed by atoms with van der Waals surface area (Å²) in [5.74, 6) is -0.622. The molecule has 0 saturated carbocycles. The molecule has 4 rings (SSSR count). The smallest absolute Gasteiger partial charge is 0.261 e. The highest BCUT2D eigenvalue weighted by atomic mass is 16.2. The first-order valence-corrected chi connectivity index (χ1v) is 8.29. The van der Waals surface area contributed by atoms with Crippen LogP contribution >= 0.6 is 0 Å². The Bertz CT molecular complexity index is 972. The monoisotopic (exact) mass is 341 g/mol. The van der Waals surface area contributed by atoms with Crippen molar-refractivity contribution in [1.82, 2.24) is 4.90 Å². The summed E-state index contributed by atoms with van der Waals surface area (Å²) in [5.41, 5.74) is 2.87. The quantitative estimate of drug-likeness (QED) is 0.537. The van der Waals surface area contributed by atoms with Crippen molar-refractivity contribution in [2.75, 3.05) is 0 Å². The van der Waals surface area contributed by atoms with Crippen molar-refractivity contribution < 1.29 is 14.4 Å². The van der Waals surface area contributed by atoms with E-state index in [0.717, 1.165) is 5.56 Å². The Labute approximate surface area is 150 Å². The minimum absolute atomic E-state index is 0.0575. The van der Waals surface area contributed by atoms with E-state index in [1.807, 2.05) is 18.2 Å². The van der Waals surface area contributed by atoms with Crippen molar-refractivity contribution in [1.29, 1.82) is 0 Å². The lowest BCUT2D eigenvalue weighted by atomic mass is 10.0. The van der Waals surface area contributed by atoms with E-state index < -0.39 is 0 Å². The van der Waals surface area contributed by atoms with Crippen molar-refractivity contribution in [2.24, 2.45) is 0 Å². The molecule has 0 unspecified atom stereocenters. The summed E-state index contributed by atoms with van der Waals surface area (Å²) in [7, 11) is 0. The van der Waals surface area contributed by atoms with Crippen LogP contribution in [0.3, 0.4) is 0 Å². The molecule has 0 bridgehead atoms. The van der Waals surface area contributed by atoms with E-state index in [9.17, 15) is 14.4 Å². The Kier molecular flexibility index (Phi) is 3.93. The van der Waals surface area contributed by atoms with Crippen molar-refractivity contribution >= 4 is 17.6 Å². The van der Waals surface area contributed by atoms with Gasteiger partial charge in [0, 0.05) is 11.1 Å². The molecule has 0 aromatic heterocycles. The predicted octanol–water partition coefficient (Wildman–Crippen LogP) is 3.71. The number of fused-ring (bicyclic) bond motifs is 1. The van der Waals surface area contributed by atoms with Crippen LogP contribution in [0.5, 0.6) is 0 Å². The van der Waals surface area contributed by atoms with Gasteiger partial charge < -0.3 is 0 Å². The second kappa shape index (κ2) is 6.41. The maximum atomic E-state index is 12.4. The molecular weight excluding hydrogens is 326 g/mol. The first kappa shape index (κ1) is 16.0. The summed E-state index contributed by atoms with van der Waals surface area (Å²) >= 11 is 0. The number of carbonyl (C=O) groups excluding carboxylic acids is 3. The van der Waals surface area contributed by atoms with Crippen LogP contribution in [-0.4, -0.2) is 22.5 Å². The zero-order valence-corrected chi connectivity index (χ0v) is 13.9. The van der Waals surface area contributed by atoms with Crippen LogP contribution in [0.1, 0.15) is 42.2 Å². The zero-order valence-electron chi connectivity index (χ0n) is 13.9. The zero-order chi connectivity index (χ0) is 18.1. The fourth-order valence-electron chi connectivity index (χ4n) is 3.08. The molecule has 2 amide bonds. The fraction of sp³-hybridized carbons (Fsp3) is 0.0455. The van der Waals surface area contributed by atoms with Gasteiger partial charge in [-0.05, 0) is 17.7 Å². The number of amides is 2. The van der Waals surface area contributed by atoms with Crippen molar-refractivity contribution in [3.05, 3.63) is 107 Å². The molecule has 0 saturated heterocycles. The van der Waals surface area contributed by atoms with Gasteiger partial charge in [0.25, 0.3) is 11.8 Å². The van der Waals surface area contributed by atoms with E-state index in [-0.39, 0.29) is 24.1 Å². The third-order valence-corrected chi connectivity index (χ3v) is 4.47. The summed E-state index contributed by atoms with van der Waals surface area (Å²) in [5, 5.41) is 0. The molecule has 0 radical (unpaired) electrons. The summed E-state index contributed by atoms with van der Waals surface area (Å²) in [4.78, 5) is 38.5. The third-order valence-electron chi connectivity index (χ3n) is 4.47. The lowest BCUT2D eigenvalue weighted by molar-refractivity contribution is 0.0642. The highest BCUT2D eigenvalue weighted by Gasteiger charge is 2.34. The van der Waals surface area contributed by atoms with E-state index in [1.54, 1.807) is 60.7 Å². The fourth-order valence-corrected chi connectivity index (χ4v) is 3.08. The van der Waals surface area contributed by atoms with Gasteiger partial charge >= 0.3 is 0 Å². The normalized spacial score (nSPS) is 13.0. The summed E-state index contributed by atoms with van der Waals surface area (Å²) < 4.78 is 0. The molecule has 0 atom stereocenters. The minimum atomic E-state index is -0.282. The number of carbonyl (C=O) groups is 3. The number of imide groups is 1. The lowest BCUT2D eigenvalue weighted by Crippen LogP contribution is -2.29. The molecule has 1 heterocycles. The van der Waals surface area contributed by atoms with Crippen molar-refractivity contribution in [3.8, 4) is 0 Å². The summed E-state index contributed by atoms with van der Waals surface area (Å²) in [6.45, 7) is 0.187. The Balaban J connectivity index is 1.53. The molecule has 4 nitrogen and oxygen atoms in total. The van der Waals surface area contributed by atoms with Crippen LogP contribution in [0.2, 0.25) is 0 Å². The molecule has 0 spiro atoms. The maximum Gasteiger partial charge on any atom is 0.261 e. The van der Waals surface area contributed by atoms with E-state index in [0.29, 0.717) is 22.3 Å². The predicted molar refractivity (Wildman–Crippen MR) is 97.0 cm³/mol. The lowest BCUT2D eigenvalue weighted by Gasteiger charge is -2.14. The Morgan fingerprint density at radius 1 is 0.654 bits per heavy atom. The van der Waals surface area contributed by atoms with Crippen LogP contribution in [0.15, 0.2) is 78.9 Å². The molecule has 1 aliphatic rings. The number of benzene rings is 3. The van der Waals surface area contributed by atoms with Crippen LogP contribution in [0.25, 0.3) is 0 Å². The van der Waals surface area contributed by atoms with Gasteiger partial charge in [0.1, 0.15) is 0 Å². The van der Waals surface area contributed by atoms with E-state index in [2.05, 4.69) is 0 Å². The number of ketones is 1. The molecule has 126 valence electrons. The standard InChI is InChI=1S/C22H15NO3/c24-20(16-6-2-1-3-7-16)17-12-10-15(11-13-17)14-23-21(25)18-8-4-5-9-19(18)22(23)26/h1-13H,14H2. The van der Waals surface area contributed by atoms with Crippen molar-refractivity contribution in [3.63, 3.8) is 0 Å². The van der Waals surface area contributed by atoms with E-state index >= 15 is 0 Å². The molecule has 0 aliphatic carbocycles. The van der Waals surface area contributed by atoms with Gasteiger partial charge in [-0.25, -0.2) is 0 Å². The van der Waals surface area contributed by atoms with E-state index in [4.69, 9.17) is 0 Å². The molecule has 1 aliphatic heterocycles. The molecule has 0 fully saturated rings. The largest absolute Gasteiger partial charge is 0.289 e. The molecule has 4 heteroatoms. The average Bonchev–Trinajstić information content (AvgIpc) is 2.94. The van der Waals surface area contributed by atoms with Crippen LogP contribution < -0.4 is 0 Å². The second-order valence-corrected chi connectivity index (χ2v) is 6.13. The maximum absolute atomic E-state index is 12.4. The topological polar surface area (TPSA) is 54.5 Å². The van der Waals surface area contributed by atoms with Gasteiger partial charge in [0.05, 0.1) is 17.7 Å². The second-order valence-electron chi connectivity index (χ2n) is 6.13. The molecule has 26 heavy (non-hydrogen) atoms. The number of rotatable bonds is 4. The Hall–Kier alpha value is -3.53. The Morgan fingerprint density at radius 2 is 1.15 bits per heavy atom. The molecule has 3 aromatic rings. The third kappa shape index (κ3) is 2.71. The van der Waals surface area contributed by atoms with Crippen LogP contribution in [-0.2, 0) is 6.54 Å². The minimum Gasteiger partial charge on any atom is -0.289 e. The first-order valence-electron chi connectivity index (χ1n) is 8.29. The number of nitrogens with zero attached hydrogens (tertiary/aromatic N) is 1. The van der Waals surface area contributed by atoms with Crippen LogP contribution in [0.4, 0.5) is 0 Å². The van der Waals surface area contributed by atoms with Crippen LogP contribution in [0, 0.1) is 0 Å². The SMILES string of the molecule is O=C(c1ccccc1)c1ccc(CN2C(=O)c3ccccc3C2=O)cc1. The highest BCUT2D eigenvalue weighted by molar-refractivity contribution is 6.21. The molecular formula is C22H15NO3. The van der Waals surface area contributed by atoms with Gasteiger partial charge in [0.2, 0.25) is 0 Å². The van der Waals surface area contributed by atoms with Crippen molar-refractivity contribution in [2.45, 2.75) is 6.54 Å². The highest BCUT2D eigenvalue weighted by Crippen LogP contribution is 2.24. The van der Waals surface area contributed by atoms with Gasteiger partial charge in [-0.1, -0.05) is 66.7 Å². The summed E-state index contributed by atoms with van der Waals surface area (Å²) in [6.07, 6.45) is 0. The Morgan fingerprint density at radius 3 is 1.73 bits per heavy atom. The molecule has 3 aromatic carbocycles. The van der Waals surface area contributed by atoms with Gasteiger partial charge in [-0.15, -0.1) is 0 Å². The molecule has 0 N–H and O–H groups in total. The summed E-state index contributed by atoms with van der Waals surface area (Å²) in [6, 6.07) is 22.9.